The summed E-state index contributed by atoms with van der Waals surface area (Å²) in [7, 11) is 0. The molecule has 0 saturated heterocycles. The molecule has 180 valence electrons. The van der Waals surface area contributed by atoms with Crippen molar-refractivity contribution in [1.29, 1.82) is 0 Å². The third-order valence-corrected chi connectivity index (χ3v) is 5.97. The van der Waals surface area contributed by atoms with E-state index in [-0.39, 0.29) is 16.4 Å². The summed E-state index contributed by atoms with van der Waals surface area (Å²) in [5.41, 5.74) is -1.02. The molecular weight excluding hydrogens is 509 g/mol. The van der Waals surface area contributed by atoms with E-state index >= 15 is 0 Å². The van der Waals surface area contributed by atoms with Gasteiger partial charge in [-0.2, -0.15) is 18.3 Å². The summed E-state index contributed by atoms with van der Waals surface area (Å²) >= 11 is 6.50. The van der Waals surface area contributed by atoms with Crippen LogP contribution in [0.5, 0.6) is 0 Å². The maximum atomic E-state index is 13.0. The van der Waals surface area contributed by atoms with Crippen LogP contribution in [0.15, 0.2) is 49.3 Å². The lowest BCUT2D eigenvalue weighted by Gasteiger charge is -2.11. The topological polar surface area (TPSA) is 128 Å². The number of anilines is 1. The zero-order valence-corrected chi connectivity index (χ0v) is 19.2. The summed E-state index contributed by atoms with van der Waals surface area (Å²) in [5, 5.41) is 8.87. The largest absolute Gasteiger partial charge is 0.418 e. The summed E-state index contributed by atoms with van der Waals surface area (Å²) in [6.07, 6.45) is 1.82. The zero-order chi connectivity index (χ0) is 25.2. The molecule has 4 rings (SSSR count). The molecule has 0 aliphatic rings. The van der Waals surface area contributed by atoms with E-state index in [2.05, 4.69) is 35.7 Å². The predicted octanol–water partition coefficient (Wildman–Crippen LogP) is 3.93. The van der Waals surface area contributed by atoms with Crippen LogP contribution in [0, 0.1) is 0 Å². The van der Waals surface area contributed by atoms with Crippen LogP contribution in [0.2, 0.25) is 5.02 Å². The number of alkyl halides is 3. The highest BCUT2D eigenvalue weighted by molar-refractivity contribution is 7.13. The van der Waals surface area contributed by atoms with Crippen molar-refractivity contribution in [3.05, 3.63) is 75.5 Å². The van der Waals surface area contributed by atoms with Gasteiger partial charge < -0.3 is 10.6 Å². The molecular formula is C20H14ClF3N8O2S. The summed E-state index contributed by atoms with van der Waals surface area (Å²) in [4.78, 5) is 41.1. The van der Waals surface area contributed by atoms with E-state index in [0.29, 0.717) is 16.9 Å². The number of aromatic nitrogens is 6. The Morgan fingerprint density at radius 1 is 1.11 bits per heavy atom. The summed E-state index contributed by atoms with van der Waals surface area (Å²) < 4.78 is 40.5. The molecule has 15 heteroatoms. The van der Waals surface area contributed by atoms with Crippen molar-refractivity contribution in [2.75, 3.05) is 5.32 Å². The summed E-state index contributed by atoms with van der Waals surface area (Å²) in [6, 6.07) is 3.22. The highest BCUT2D eigenvalue weighted by Gasteiger charge is 2.34. The van der Waals surface area contributed by atoms with E-state index in [1.807, 2.05) is 0 Å². The van der Waals surface area contributed by atoms with E-state index in [1.54, 1.807) is 25.4 Å². The Hall–Kier alpha value is -3.91. The molecule has 0 bridgehead atoms. The fourth-order valence-electron chi connectivity index (χ4n) is 2.83. The van der Waals surface area contributed by atoms with Crippen molar-refractivity contribution < 1.29 is 22.8 Å². The van der Waals surface area contributed by atoms with Gasteiger partial charge >= 0.3 is 6.18 Å². The molecule has 1 unspecified atom stereocenters. The van der Waals surface area contributed by atoms with Crippen LogP contribution >= 0.6 is 22.9 Å². The minimum absolute atomic E-state index is 0.0983. The lowest BCUT2D eigenvalue weighted by molar-refractivity contribution is -0.137. The second-order valence-corrected chi connectivity index (χ2v) is 8.44. The molecule has 2 amide bonds. The monoisotopic (exact) mass is 522 g/mol. The average molecular weight is 523 g/mol. The van der Waals surface area contributed by atoms with Crippen molar-refractivity contribution >= 4 is 40.6 Å². The Bertz CT molecular complexity index is 1380. The molecule has 0 aromatic carbocycles. The first-order valence-electron chi connectivity index (χ1n) is 9.74. The molecule has 4 aromatic rings. The fraction of sp³-hybridized carbons (Fsp3) is 0.150. The van der Waals surface area contributed by atoms with Crippen LogP contribution in [-0.2, 0) is 6.18 Å². The van der Waals surface area contributed by atoms with E-state index in [0.717, 1.165) is 17.5 Å². The van der Waals surface area contributed by atoms with Crippen LogP contribution in [0.1, 0.15) is 43.7 Å². The normalized spacial score (nSPS) is 12.3. The lowest BCUT2D eigenvalue weighted by atomic mass is 10.2. The van der Waals surface area contributed by atoms with Gasteiger partial charge in [-0.25, -0.2) is 24.6 Å². The third-order valence-electron chi connectivity index (χ3n) is 4.49. The van der Waals surface area contributed by atoms with Gasteiger partial charge in [-0.05, 0) is 19.1 Å². The molecule has 0 spiro atoms. The smallest absolute Gasteiger partial charge is 0.342 e. The van der Waals surface area contributed by atoms with Crippen molar-refractivity contribution in [3.8, 4) is 5.82 Å². The molecule has 0 aliphatic heterocycles. The second-order valence-electron chi connectivity index (χ2n) is 6.97. The van der Waals surface area contributed by atoms with Gasteiger partial charge in [0.1, 0.15) is 27.7 Å². The van der Waals surface area contributed by atoms with Crippen LogP contribution in [0.25, 0.3) is 5.82 Å². The second kappa shape index (κ2) is 9.76. The Morgan fingerprint density at radius 3 is 2.63 bits per heavy atom. The molecule has 4 heterocycles. The fourth-order valence-corrected chi connectivity index (χ4v) is 3.85. The van der Waals surface area contributed by atoms with Gasteiger partial charge in [-0.1, -0.05) is 11.6 Å². The van der Waals surface area contributed by atoms with Gasteiger partial charge in [0.15, 0.2) is 5.82 Å². The molecule has 35 heavy (non-hydrogen) atoms. The van der Waals surface area contributed by atoms with E-state index in [9.17, 15) is 22.8 Å². The number of thiazole rings is 1. The van der Waals surface area contributed by atoms with E-state index in [1.165, 1.54) is 23.3 Å². The maximum Gasteiger partial charge on any atom is 0.418 e. The van der Waals surface area contributed by atoms with E-state index in [4.69, 9.17) is 11.6 Å². The number of rotatable bonds is 6. The Labute approximate surface area is 204 Å². The van der Waals surface area contributed by atoms with Crippen molar-refractivity contribution in [1.82, 2.24) is 35.0 Å². The van der Waals surface area contributed by atoms with Crippen LogP contribution in [0.4, 0.5) is 19.0 Å². The van der Waals surface area contributed by atoms with E-state index < -0.39 is 34.6 Å². The molecule has 0 aliphatic carbocycles. The third kappa shape index (κ3) is 5.60. The Morgan fingerprint density at radius 2 is 1.91 bits per heavy atom. The highest BCUT2D eigenvalue weighted by Crippen LogP contribution is 2.35. The zero-order valence-electron chi connectivity index (χ0n) is 17.6. The molecule has 0 fully saturated rings. The van der Waals surface area contributed by atoms with Gasteiger partial charge in [0.25, 0.3) is 11.8 Å². The standard InChI is InChI=1S/C20H14ClF3N8O2S/c1-10(30-17(33)13-6-16(28-9-27-13)32-4-2-3-29-32)19-26-8-14(35-19)18(34)31-15-5-11(20(22,23)24)12(21)7-25-15/h2-10H,1H3,(H,30,33)(H,25,31,34). The molecule has 10 nitrogen and oxygen atoms in total. The van der Waals surface area contributed by atoms with Crippen LogP contribution < -0.4 is 10.6 Å². The van der Waals surface area contributed by atoms with Crippen molar-refractivity contribution in [2.45, 2.75) is 19.1 Å². The first-order valence-corrected chi connectivity index (χ1v) is 10.9. The number of hydrogen-bond acceptors (Lipinski definition) is 8. The van der Waals surface area contributed by atoms with Gasteiger partial charge in [-0.15, -0.1) is 11.3 Å². The predicted molar refractivity (Wildman–Crippen MR) is 119 cm³/mol. The van der Waals surface area contributed by atoms with Crippen molar-refractivity contribution in [3.63, 3.8) is 0 Å². The number of carbonyl (C=O) groups excluding carboxylic acids is 2. The first-order chi connectivity index (χ1) is 16.6. The number of nitrogens with one attached hydrogen (secondary N) is 2. The Kier molecular flexibility index (Phi) is 6.75. The number of pyridine rings is 1. The molecule has 2 N–H and O–H groups in total. The number of hydrogen-bond donors (Lipinski definition) is 2. The maximum absolute atomic E-state index is 13.0. The van der Waals surface area contributed by atoms with Gasteiger partial charge in [0.05, 0.1) is 22.8 Å². The number of halogens is 4. The highest BCUT2D eigenvalue weighted by atomic mass is 35.5. The lowest BCUT2D eigenvalue weighted by Crippen LogP contribution is -2.27. The number of carbonyl (C=O) groups is 2. The minimum Gasteiger partial charge on any atom is -0.342 e. The van der Waals surface area contributed by atoms with Gasteiger partial charge in [0.2, 0.25) is 0 Å². The SMILES string of the molecule is CC(NC(=O)c1cc(-n2cccn2)ncn1)c1ncc(C(=O)Nc2cc(C(F)(F)F)c(Cl)cn2)s1. The average Bonchev–Trinajstić information content (AvgIpc) is 3.52. The quantitative estimate of drug-likeness (QED) is 0.392. The van der Waals surface area contributed by atoms with Crippen LogP contribution in [0.3, 0.4) is 0 Å². The number of nitrogens with zero attached hydrogens (tertiary/aromatic N) is 6. The van der Waals surface area contributed by atoms with Crippen LogP contribution in [-0.4, -0.2) is 41.5 Å². The molecule has 0 saturated carbocycles. The molecule has 0 radical (unpaired) electrons. The molecule has 4 aromatic heterocycles. The van der Waals surface area contributed by atoms with Gasteiger partial charge in [-0.3, -0.25) is 9.59 Å². The summed E-state index contributed by atoms with van der Waals surface area (Å²) in [6.45, 7) is 1.66. The Balaban J connectivity index is 1.42. The van der Waals surface area contributed by atoms with Crippen molar-refractivity contribution in [2.24, 2.45) is 0 Å². The minimum atomic E-state index is -4.70. The molecule has 1 atom stereocenters. The summed E-state index contributed by atoms with van der Waals surface area (Å²) in [5.74, 6) is -1.13. The first kappa shape index (κ1) is 24.2. The van der Waals surface area contributed by atoms with Gasteiger partial charge in [0, 0.05) is 24.7 Å². The number of amides is 2.